The maximum atomic E-state index is 13.6. The lowest BCUT2D eigenvalue weighted by atomic mass is 9.93. The van der Waals surface area contributed by atoms with Crippen LogP contribution in [0.3, 0.4) is 0 Å². The van der Waals surface area contributed by atoms with Crippen molar-refractivity contribution in [2.45, 2.75) is 33.4 Å². The number of carbonyl (C=O) groups excluding carboxylic acids is 3. The van der Waals surface area contributed by atoms with Gasteiger partial charge >= 0.3 is 11.9 Å². The number of ketones is 1. The second-order valence-corrected chi connectivity index (χ2v) is 11.1. The third kappa shape index (κ3) is 5.98. The maximum absolute atomic E-state index is 13.6. The third-order valence-corrected chi connectivity index (χ3v) is 8.18. The molecule has 1 aliphatic rings. The average molecular weight is 595 g/mol. The Kier molecular flexibility index (Phi) is 8.54. The Hall–Kier alpha value is -5.02. The molecule has 1 aromatic heterocycles. The molecule has 43 heavy (non-hydrogen) atoms. The van der Waals surface area contributed by atoms with E-state index in [4.69, 9.17) is 9.47 Å². The molecule has 1 unspecified atom stereocenters. The first-order chi connectivity index (χ1) is 20.7. The van der Waals surface area contributed by atoms with E-state index < -0.39 is 23.7 Å². The molecule has 4 aromatic rings. The molecule has 0 spiro atoms. The highest BCUT2D eigenvalue weighted by molar-refractivity contribution is 7.17. The van der Waals surface area contributed by atoms with E-state index in [1.165, 1.54) is 11.0 Å². The normalized spacial score (nSPS) is 15.9. The first-order valence-electron chi connectivity index (χ1n) is 13.6. The Balaban J connectivity index is 1.59. The van der Waals surface area contributed by atoms with Crippen molar-refractivity contribution in [3.05, 3.63) is 129 Å². The van der Waals surface area contributed by atoms with Crippen LogP contribution in [-0.2, 0) is 20.9 Å². The zero-order valence-electron chi connectivity index (χ0n) is 24.0. The van der Waals surface area contributed by atoms with E-state index in [-0.39, 0.29) is 27.9 Å². The molecule has 218 valence electrons. The van der Waals surface area contributed by atoms with Crippen LogP contribution < -0.4 is 9.64 Å². The van der Waals surface area contributed by atoms with Crippen molar-refractivity contribution in [3.8, 4) is 5.75 Å². The molecule has 3 aromatic carbocycles. The fraction of sp³-hybridized carbons (Fsp3) is 0.176. The summed E-state index contributed by atoms with van der Waals surface area (Å²) in [6.45, 7) is 9.28. The first-order valence-corrected chi connectivity index (χ1v) is 14.4. The quantitative estimate of drug-likeness (QED) is 0.0764. The summed E-state index contributed by atoms with van der Waals surface area (Å²) in [5.41, 5.74) is 3.94. The van der Waals surface area contributed by atoms with Crippen LogP contribution in [0.1, 0.15) is 49.2 Å². The number of aromatic nitrogens is 1. The second-order valence-electron chi connectivity index (χ2n) is 10.1. The van der Waals surface area contributed by atoms with Gasteiger partial charge in [0.05, 0.1) is 17.3 Å². The summed E-state index contributed by atoms with van der Waals surface area (Å²) in [6, 6.07) is 21.3. The van der Waals surface area contributed by atoms with Crippen molar-refractivity contribution < 1.29 is 29.0 Å². The predicted octanol–water partition coefficient (Wildman–Crippen LogP) is 6.62. The number of carbonyl (C=O) groups is 3. The number of aliphatic hydroxyl groups excluding tert-OH is 1. The molecule has 0 saturated carbocycles. The van der Waals surface area contributed by atoms with E-state index in [0.717, 1.165) is 28.0 Å². The SMILES string of the molecule is C=CCOC(=O)c1sc(N2C(=O)C(=O)/C(=C(/O)c3cc(C)ccc3C)C2c2ccc(OCc3ccccc3)cc2)nc1C. The molecule has 1 aliphatic heterocycles. The lowest BCUT2D eigenvalue weighted by Gasteiger charge is -2.23. The molecule has 5 rings (SSSR count). The number of aliphatic hydroxyl groups is 1. The monoisotopic (exact) mass is 594 g/mol. The van der Waals surface area contributed by atoms with Crippen LogP contribution in [0.2, 0.25) is 0 Å². The zero-order valence-corrected chi connectivity index (χ0v) is 24.8. The number of nitrogens with zero attached hydrogens (tertiary/aromatic N) is 2. The van der Waals surface area contributed by atoms with Gasteiger partial charge in [0.25, 0.3) is 5.78 Å². The first kappa shape index (κ1) is 29.5. The summed E-state index contributed by atoms with van der Waals surface area (Å²) in [5, 5.41) is 11.7. The van der Waals surface area contributed by atoms with Crippen molar-refractivity contribution in [3.63, 3.8) is 0 Å². The fourth-order valence-electron chi connectivity index (χ4n) is 4.84. The van der Waals surface area contributed by atoms with Gasteiger partial charge in [-0.2, -0.15) is 0 Å². The molecule has 8 nitrogen and oxygen atoms in total. The van der Waals surface area contributed by atoms with Gasteiger partial charge in [0.2, 0.25) is 0 Å². The molecular weight excluding hydrogens is 564 g/mol. The summed E-state index contributed by atoms with van der Waals surface area (Å²) in [5.74, 6) is -2.01. The summed E-state index contributed by atoms with van der Waals surface area (Å²) in [7, 11) is 0. The van der Waals surface area contributed by atoms with Gasteiger partial charge in [0.1, 0.15) is 29.6 Å². The van der Waals surface area contributed by atoms with Gasteiger partial charge in [-0.05, 0) is 55.7 Å². The standard InChI is InChI=1S/C34H30N2O6S/c1-5-17-41-33(40)31-22(4)35-34(43-31)36-28(24-13-15-25(16-14-24)42-19-23-9-7-6-8-10-23)27(30(38)32(36)39)29(37)26-18-20(2)11-12-21(26)3/h5-16,18,28,37H,1,17,19H2,2-4H3/b29-27+. The van der Waals surface area contributed by atoms with Crippen molar-refractivity contribution in [2.24, 2.45) is 0 Å². The molecule has 9 heteroatoms. The minimum absolute atomic E-state index is 0.0184. The number of hydrogen-bond donors (Lipinski definition) is 1. The molecule has 1 atom stereocenters. The number of amides is 1. The Morgan fingerprint density at radius 2 is 1.77 bits per heavy atom. The molecular formula is C34H30N2O6S. The highest BCUT2D eigenvalue weighted by Gasteiger charge is 2.48. The van der Waals surface area contributed by atoms with Gasteiger partial charge in [0.15, 0.2) is 5.13 Å². The van der Waals surface area contributed by atoms with E-state index in [1.807, 2.05) is 56.3 Å². The maximum Gasteiger partial charge on any atom is 0.350 e. The number of hydrogen-bond acceptors (Lipinski definition) is 8. The highest BCUT2D eigenvalue weighted by atomic mass is 32.1. The van der Waals surface area contributed by atoms with Gasteiger partial charge in [-0.15, -0.1) is 0 Å². The molecule has 1 fully saturated rings. The molecule has 1 saturated heterocycles. The summed E-state index contributed by atoms with van der Waals surface area (Å²) < 4.78 is 11.1. The van der Waals surface area contributed by atoms with E-state index in [1.54, 1.807) is 37.3 Å². The van der Waals surface area contributed by atoms with Crippen LogP contribution in [0, 0.1) is 20.8 Å². The molecule has 0 bridgehead atoms. The minimum Gasteiger partial charge on any atom is -0.507 e. The number of Topliss-reactive ketones (excluding diaryl/α,β-unsaturated/α-hetero) is 1. The number of benzene rings is 3. The Morgan fingerprint density at radius 3 is 2.47 bits per heavy atom. The third-order valence-electron chi connectivity index (χ3n) is 7.05. The second kappa shape index (κ2) is 12.5. The van der Waals surface area contributed by atoms with Crippen LogP contribution in [0.5, 0.6) is 5.75 Å². The summed E-state index contributed by atoms with van der Waals surface area (Å²) in [6.07, 6.45) is 1.45. The number of ether oxygens (including phenoxy) is 2. The number of thiazole rings is 1. The van der Waals surface area contributed by atoms with E-state index >= 15 is 0 Å². The van der Waals surface area contributed by atoms with Gasteiger partial charge in [-0.25, -0.2) is 9.78 Å². The highest BCUT2D eigenvalue weighted by Crippen LogP contribution is 2.44. The summed E-state index contributed by atoms with van der Waals surface area (Å²) >= 11 is 0.948. The van der Waals surface area contributed by atoms with Crippen molar-refractivity contribution in [2.75, 3.05) is 11.5 Å². The van der Waals surface area contributed by atoms with Gasteiger partial charge in [-0.3, -0.25) is 14.5 Å². The van der Waals surface area contributed by atoms with Gasteiger partial charge in [-0.1, -0.05) is 84.2 Å². The van der Waals surface area contributed by atoms with Crippen LogP contribution in [0.25, 0.3) is 5.76 Å². The number of rotatable bonds is 9. The Labute approximate surface area is 253 Å². The van der Waals surface area contributed by atoms with E-state index in [9.17, 15) is 19.5 Å². The summed E-state index contributed by atoms with van der Waals surface area (Å²) in [4.78, 5) is 45.8. The number of anilines is 1. The van der Waals surface area contributed by atoms with Gasteiger partial charge < -0.3 is 14.6 Å². The van der Waals surface area contributed by atoms with Crippen molar-refractivity contribution in [1.82, 2.24) is 4.98 Å². The molecule has 0 radical (unpaired) electrons. The van der Waals surface area contributed by atoms with Crippen LogP contribution in [0.15, 0.2) is 91.0 Å². The predicted molar refractivity (Wildman–Crippen MR) is 165 cm³/mol. The average Bonchev–Trinajstić information content (AvgIpc) is 3.52. The number of esters is 1. The topological polar surface area (TPSA) is 106 Å². The van der Waals surface area contributed by atoms with Gasteiger partial charge in [0, 0.05) is 5.56 Å². The van der Waals surface area contributed by atoms with E-state index in [0.29, 0.717) is 29.2 Å². The van der Waals surface area contributed by atoms with Crippen molar-refractivity contribution >= 4 is 39.9 Å². The molecule has 2 heterocycles. The Morgan fingerprint density at radius 1 is 1.05 bits per heavy atom. The largest absolute Gasteiger partial charge is 0.507 e. The number of aryl methyl sites for hydroxylation is 3. The van der Waals surface area contributed by atoms with Crippen LogP contribution >= 0.6 is 11.3 Å². The minimum atomic E-state index is -1.01. The van der Waals surface area contributed by atoms with Crippen molar-refractivity contribution in [1.29, 1.82) is 0 Å². The smallest absolute Gasteiger partial charge is 0.350 e. The molecule has 1 amide bonds. The van der Waals surface area contributed by atoms with Crippen LogP contribution in [0.4, 0.5) is 5.13 Å². The Bertz CT molecular complexity index is 1740. The fourth-order valence-corrected chi connectivity index (χ4v) is 5.83. The molecule has 0 aliphatic carbocycles. The molecule has 1 N–H and O–H groups in total. The zero-order chi connectivity index (χ0) is 30.7. The van der Waals surface area contributed by atoms with E-state index in [2.05, 4.69) is 11.6 Å². The lowest BCUT2D eigenvalue weighted by Crippen LogP contribution is -2.29. The lowest BCUT2D eigenvalue weighted by molar-refractivity contribution is -0.132. The van der Waals surface area contributed by atoms with Crippen LogP contribution in [-0.4, -0.2) is 34.4 Å².